The van der Waals surface area contributed by atoms with Gasteiger partial charge in [-0.05, 0) is 13.1 Å². The highest BCUT2D eigenvalue weighted by Crippen LogP contribution is 2.25. The monoisotopic (exact) mass is 381 g/mol. The average molecular weight is 382 g/mol. The Hall–Kier alpha value is -2.75. The van der Waals surface area contributed by atoms with Crippen molar-refractivity contribution in [3.05, 3.63) is 36.3 Å². The van der Waals surface area contributed by atoms with Gasteiger partial charge in [0.2, 0.25) is 0 Å². The number of rotatable bonds is 5. The Labute approximate surface area is 155 Å². The maximum Gasteiger partial charge on any atom is 0.317 e. The Balaban J connectivity index is 0.000000422. The van der Waals surface area contributed by atoms with Crippen LogP contribution in [0.15, 0.2) is 30.6 Å². The summed E-state index contributed by atoms with van der Waals surface area (Å²) in [7, 11) is 1.59. The van der Waals surface area contributed by atoms with E-state index in [9.17, 15) is 9.59 Å². The van der Waals surface area contributed by atoms with E-state index in [2.05, 4.69) is 15.3 Å². The number of likely N-dealkylation sites (N-methyl/N-ethyl adjacent to an activating group) is 1. The van der Waals surface area contributed by atoms with Gasteiger partial charge in [-0.3, -0.25) is 9.59 Å². The number of primary amides is 1. The second-order valence-corrected chi connectivity index (χ2v) is 5.12. The third-order valence-corrected chi connectivity index (χ3v) is 3.36. The number of carboxylic acids is 1. The normalized spacial score (nSPS) is 10.1. The number of hydrogen-bond acceptors (Lipinski definition) is 6. The van der Waals surface area contributed by atoms with Crippen LogP contribution in [0.4, 0.5) is 0 Å². The van der Waals surface area contributed by atoms with Gasteiger partial charge in [-0.25, -0.2) is 9.97 Å². The highest BCUT2D eigenvalue weighted by molar-refractivity contribution is 6.11. The van der Waals surface area contributed by atoms with Gasteiger partial charge in [0.1, 0.15) is 5.52 Å². The molecule has 0 radical (unpaired) electrons. The number of aliphatic carboxylic acids is 1. The Bertz CT molecular complexity index is 912. The fourth-order valence-electron chi connectivity index (χ4n) is 2.38. The fourth-order valence-corrected chi connectivity index (χ4v) is 2.38. The summed E-state index contributed by atoms with van der Waals surface area (Å²) in [4.78, 5) is 29.5. The number of nitrogens with one attached hydrogen (secondary N) is 1. The van der Waals surface area contributed by atoms with E-state index in [0.717, 1.165) is 10.9 Å². The first-order chi connectivity index (χ1) is 12.0. The standard InChI is InChI=1S/C13H12N4O2.C3H7NO2.ClH/c14-13(19)11-10-12(17(5-6-18)7-15-10)8-3-1-2-4-9(8)16-11;1-4-2-3(5)6;/h1-4,7,18H,5-6H2,(H2,14,19);4H,2H2,1H3,(H,5,6);1H. The van der Waals surface area contributed by atoms with Gasteiger partial charge in [-0.2, -0.15) is 0 Å². The number of nitrogens with zero attached hydrogens (tertiary/aromatic N) is 3. The first-order valence-electron chi connectivity index (χ1n) is 7.50. The Morgan fingerprint density at radius 2 is 2.00 bits per heavy atom. The molecule has 0 spiro atoms. The van der Waals surface area contributed by atoms with E-state index in [1.165, 1.54) is 0 Å². The molecule has 1 aromatic carbocycles. The summed E-state index contributed by atoms with van der Waals surface area (Å²) < 4.78 is 1.80. The molecule has 26 heavy (non-hydrogen) atoms. The number of pyridine rings is 1. The lowest BCUT2D eigenvalue weighted by atomic mass is 10.1. The molecule has 0 atom stereocenters. The van der Waals surface area contributed by atoms with Crippen molar-refractivity contribution in [3.63, 3.8) is 0 Å². The van der Waals surface area contributed by atoms with Gasteiger partial charge < -0.3 is 25.8 Å². The first kappa shape index (κ1) is 21.3. The van der Waals surface area contributed by atoms with E-state index in [0.29, 0.717) is 17.6 Å². The van der Waals surface area contributed by atoms with Crippen LogP contribution in [0.2, 0.25) is 0 Å². The van der Waals surface area contributed by atoms with E-state index >= 15 is 0 Å². The zero-order chi connectivity index (χ0) is 18.4. The van der Waals surface area contributed by atoms with Crippen LogP contribution in [0, 0.1) is 0 Å². The summed E-state index contributed by atoms with van der Waals surface area (Å²) in [5, 5.41) is 20.3. The summed E-state index contributed by atoms with van der Waals surface area (Å²) in [6.45, 7) is 0.441. The fraction of sp³-hybridized carbons (Fsp3) is 0.250. The Morgan fingerprint density at radius 3 is 2.54 bits per heavy atom. The number of carboxylic acid groups (broad SMARTS) is 1. The molecule has 5 N–H and O–H groups in total. The van der Waals surface area contributed by atoms with Gasteiger partial charge in [0.15, 0.2) is 5.69 Å². The molecule has 3 rings (SSSR count). The number of hydrogen-bond donors (Lipinski definition) is 4. The second kappa shape index (κ2) is 9.66. The zero-order valence-corrected chi connectivity index (χ0v) is 14.9. The molecular formula is C16H20ClN5O4. The maximum absolute atomic E-state index is 11.5. The number of aromatic nitrogens is 3. The highest BCUT2D eigenvalue weighted by atomic mass is 35.5. The quantitative estimate of drug-likeness (QED) is 0.500. The van der Waals surface area contributed by atoms with Gasteiger partial charge >= 0.3 is 5.97 Å². The predicted molar refractivity (Wildman–Crippen MR) is 99.4 cm³/mol. The minimum atomic E-state index is -0.822. The zero-order valence-electron chi connectivity index (χ0n) is 14.0. The number of nitrogens with two attached hydrogens (primary N) is 1. The molecule has 9 nitrogen and oxygen atoms in total. The minimum Gasteiger partial charge on any atom is -0.480 e. The molecule has 10 heteroatoms. The predicted octanol–water partition coefficient (Wildman–Crippen LogP) is 0.388. The van der Waals surface area contributed by atoms with Crippen molar-refractivity contribution in [2.75, 3.05) is 20.2 Å². The average Bonchev–Trinajstić information content (AvgIpc) is 2.99. The second-order valence-electron chi connectivity index (χ2n) is 5.12. The minimum absolute atomic E-state index is 0. The number of imidazole rings is 1. The smallest absolute Gasteiger partial charge is 0.317 e. The lowest BCUT2D eigenvalue weighted by Gasteiger charge is -2.06. The van der Waals surface area contributed by atoms with Crippen molar-refractivity contribution in [3.8, 4) is 0 Å². The van der Waals surface area contributed by atoms with E-state index < -0.39 is 11.9 Å². The van der Waals surface area contributed by atoms with Gasteiger partial charge in [0.05, 0.1) is 30.5 Å². The molecule has 0 saturated heterocycles. The van der Waals surface area contributed by atoms with Crippen molar-refractivity contribution in [2.24, 2.45) is 5.73 Å². The SMILES string of the molecule is CNCC(=O)O.Cl.NC(=O)c1nc2ccccc2c2c1ncn2CCO. The summed E-state index contributed by atoms with van der Waals surface area (Å²) in [6, 6.07) is 7.46. The molecule has 3 aromatic rings. The Morgan fingerprint density at radius 1 is 1.31 bits per heavy atom. The van der Waals surface area contributed by atoms with Crippen LogP contribution < -0.4 is 11.1 Å². The topological polar surface area (TPSA) is 143 Å². The van der Waals surface area contributed by atoms with E-state index in [1.807, 2.05) is 24.3 Å². The van der Waals surface area contributed by atoms with Crippen LogP contribution in [0.5, 0.6) is 0 Å². The molecule has 1 amide bonds. The molecule has 0 aliphatic heterocycles. The number of aliphatic hydroxyl groups excluding tert-OH is 1. The van der Waals surface area contributed by atoms with Crippen molar-refractivity contribution in [2.45, 2.75) is 6.54 Å². The summed E-state index contributed by atoms with van der Waals surface area (Å²) in [6.07, 6.45) is 1.58. The van der Waals surface area contributed by atoms with E-state index in [4.69, 9.17) is 15.9 Å². The molecule has 0 fully saturated rings. The summed E-state index contributed by atoms with van der Waals surface area (Å²) in [5.74, 6) is -1.43. The van der Waals surface area contributed by atoms with Gasteiger partial charge in [-0.15, -0.1) is 12.4 Å². The number of benzene rings is 1. The molecule has 0 unspecified atom stereocenters. The van der Waals surface area contributed by atoms with Gasteiger partial charge in [0.25, 0.3) is 5.91 Å². The van der Waals surface area contributed by atoms with Crippen LogP contribution in [0.3, 0.4) is 0 Å². The molecule has 2 aromatic heterocycles. The highest BCUT2D eigenvalue weighted by Gasteiger charge is 2.16. The molecule has 140 valence electrons. The molecule has 2 heterocycles. The lowest BCUT2D eigenvalue weighted by molar-refractivity contribution is -0.135. The summed E-state index contributed by atoms with van der Waals surface area (Å²) in [5.41, 5.74) is 7.44. The number of para-hydroxylation sites is 1. The van der Waals surface area contributed by atoms with Crippen LogP contribution in [-0.2, 0) is 11.3 Å². The number of fused-ring (bicyclic) bond motifs is 3. The van der Waals surface area contributed by atoms with E-state index in [-0.39, 0.29) is 31.3 Å². The number of halogens is 1. The first-order valence-corrected chi connectivity index (χ1v) is 7.50. The number of aliphatic hydroxyl groups is 1. The number of carbonyl (C=O) groups is 2. The van der Waals surface area contributed by atoms with Crippen molar-refractivity contribution < 1.29 is 19.8 Å². The van der Waals surface area contributed by atoms with Crippen LogP contribution >= 0.6 is 12.4 Å². The van der Waals surface area contributed by atoms with Gasteiger partial charge in [-0.1, -0.05) is 18.2 Å². The van der Waals surface area contributed by atoms with Crippen molar-refractivity contribution >= 4 is 46.2 Å². The largest absolute Gasteiger partial charge is 0.480 e. The molecular weight excluding hydrogens is 362 g/mol. The molecule has 0 aliphatic carbocycles. The molecule has 0 saturated carbocycles. The molecule has 0 aliphatic rings. The number of carbonyl (C=O) groups excluding carboxylic acids is 1. The van der Waals surface area contributed by atoms with Crippen LogP contribution in [0.25, 0.3) is 21.9 Å². The van der Waals surface area contributed by atoms with Gasteiger partial charge in [0, 0.05) is 11.9 Å². The lowest BCUT2D eigenvalue weighted by Crippen LogP contribution is -2.16. The van der Waals surface area contributed by atoms with Crippen LogP contribution in [-0.4, -0.2) is 56.8 Å². The number of amides is 1. The van der Waals surface area contributed by atoms with Crippen LogP contribution in [0.1, 0.15) is 10.5 Å². The third-order valence-electron chi connectivity index (χ3n) is 3.36. The maximum atomic E-state index is 11.5. The van der Waals surface area contributed by atoms with E-state index in [1.54, 1.807) is 17.9 Å². The Kier molecular flexibility index (Phi) is 7.91. The third kappa shape index (κ3) is 4.66. The van der Waals surface area contributed by atoms with Crippen molar-refractivity contribution in [1.29, 1.82) is 0 Å². The summed E-state index contributed by atoms with van der Waals surface area (Å²) >= 11 is 0. The molecule has 0 bridgehead atoms. The van der Waals surface area contributed by atoms with Crippen molar-refractivity contribution in [1.82, 2.24) is 19.9 Å².